The number of methoxy groups -OCH3 is 1. The summed E-state index contributed by atoms with van der Waals surface area (Å²) in [6, 6.07) is 0.578. The maximum Gasteiger partial charge on any atom is 0.0657 e. The molecule has 0 aromatic carbocycles. The normalized spacial score (nSPS) is 29.7. The molecule has 0 aromatic rings. The van der Waals surface area contributed by atoms with Crippen molar-refractivity contribution in [2.45, 2.75) is 71.6 Å². The first-order valence-electron chi connectivity index (χ1n) is 7.44. The number of ether oxygens (including phenoxy) is 1. The lowest BCUT2D eigenvalue weighted by Gasteiger charge is -2.55. The van der Waals surface area contributed by atoms with Crippen molar-refractivity contribution in [2.75, 3.05) is 13.7 Å². The highest BCUT2D eigenvalue weighted by molar-refractivity contribution is 5.06. The van der Waals surface area contributed by atoms with Gasteiger partial charge in [0.25, 0.3) is 0 Å². The van der Waals surface area contributed by atoms with Crippen LogP contribution < -0.4 is 5.32 Å². The first kappa shape index (κ1) is 15.9. The van der Waals surface area contributed by atoms with Crippen molar-refractivity contribution in [1.29, 1.82) is 0 Å². The molecule has 0 saturated heterocycles. The van der Waals surface area contributed by atoms with Crippen LogP contribution in [0.1, 0.15) is 53.4 Å². The Balaban J connectivity index is 2.43. The highest BCUT2D eigenvalue weighted by atomic mass is 16.5. The predicted molar refractivity (Wildman–Crippen MR) is 75.7 cm³/mol. The average molecular weight is 257 g/mol. The molecule has 0 spiro atoms. The van der Waals surface area contributed by atoms with Gasteiger partial charge in [-0.1, -0.05) is 20.8 Å². The SMILES string of the molecule is CCC1(CC)C(NCC(C)CC(C)O)CC1OC. The number of hydrogen-bond acceptors (Lipinski definition) is 3. The second-order valence-corrected chi connectivity index (χ2v) is 6.05. The van der Waals surface area contributed by atoms with Gasteiger partial charge in [0.2, 0.25) is 0 Å². The van der Waals surface area contributed by atoms with E-state index in [1.807, 2.05) is 14.0 Å². The highest BCUT2D eigenvalue weighted by Gasteiger charge is 2.52. The fraction of sp³-hybridized carbons (Fsp3) is 1.00. The fourth-order valence-electron chi connectivity index (χ4n) is 3.57. The molecule has 2 N–H and O–H groups in total. The van der Waals surface area contributed by atoms with Crippen LogP contribution in [0.5, 0.6) is 0 Å². The molecule has 18 heavy (non-hydrogen) atoms. The summed E-state index contributed by atoms with van der Waals surface area (Å²) in [6.07, 6.45) is 4.56. The van der Waals surface area contributed by atoms with Crippen LogP contribution in [0.3, 0.4) is 0 Å². The third-order valence-electron chi connectivity index (χ3n) is 4.84. The largest absolute Gasteiger partial charge is 0.393 e. The first-order chi connectivity index (χ1) is 8.50. The van der Waals surface area contributed by atoms with Gasteiger partial charge in [0.1, 0.15) is 0 Å². The van der Waals surface area contributed by atoms with Gasteiger partial charge in [0.05, 0.1) is 12.2 Å². The van der Waals surface area contributed by atoms with Crippen LogP contribution >= 0.6 is 0 Å². The molecule has 1 aliphatic carbocycles. The molecule has 4 atom stereocenters. The summed E-state index contributed by atoms with van der Waals surface area (Å²) >= 11 is 0. The number of aliphatic hydroxyl groups excluding tert-OH is 1. The molecule has 108 valence electrons. The molecule has 0 aromatic heterocycles. The van der Waals surface area contributed by atoms with E-state index in [0.29, 0.717) is 23.5 Å². The zero-order valence-electron chi connectivity index (χ0n) is 12.7. The van der Waals surface area contributed by atoms with Crippen LogP contribution in [-0.2, 0) is 4.74 Å². The van der Waals surface area contributed by atoms with Crippen molar-refractivity contribution < 1.29 is 9.84 Å². The maximum atomic E-state index is 9.39. The van der Waals surface area contributed by atoms with Crippen LogP contribution in [0.2, 0.25) is 0 Å². The van der Waals surface area contributed by atoms with Gasteiger partial charge in [-0.3, -0.25) is 0 Å². The van der Waals surface area contributed by atoms with Crippen molar-refractivity contribution in [3.8, 4) is 0 Å². The summed E-state index contributed by atoms with van der Waals surface area (Å²) in [7, 11) is 1.83. The minimum absolute atomic E-state index is 0.197. The van der Waals surface area contributed by atoms with Gasteiger partial charge in [-0.25, -0.2) is 0 Å². The summed E-state index contributed by atoms with van der Waals surface area (Å²) in [6.45, 7) is 9.59. The van der Waals surface area contributed by atoms with E-state index >= 15 is 0 Å². The van der Waals surface area contributed by atoms with Crippen LogP contribution in [0.25, 0.3) is 0 Å². The number of rotatable bonds is 8. The monoisotopic (exact) mass is 257 g/mol. The van der Waals surface area contributed by atoms with E-state index in [1.165, 1.54) is 12.8 Å². The Morgan fingerprint density at radius 1 is 1.33 bits per heavy atom. The number of aliphatic hydroxyl groups is 1. The molecule has 1 rings (SSSR count). The van der Waals surface area contributed by atoms with Gasteiger partial charge < -0.3 is 15.2 Å². The minimum atomic E-state index is -0.197. The molecular weight excluding hydrogens is 226 g/mol. The minimum Gasteiger partial charge on any atom is -0.393 e. The molecule has 3 nitrogen and oxygen atoms in total. The molecule has 0 aliphatic heterocycles. The van der Waals surface area contributed by atoms with Crippen molar-refractivity contribution in [3.63, 3.8) is 0 Å². The lowest BCUT2D eigenvalue weighted by atomic mass is 9.58. The van der Waals surface area contributed by atoms with Crippen molar-refractivity contribution in [2.24, 2.45) is 11.3 Å². The average Bonchev–Trinajstić information content (AvgIpc) is 2.29. The lowest BCUT2D eigenvalue weighted by molar-refractivity contribution is -0.124. The van der Waals surface area contributed by atoms with Crippen LogP contribution in [-0.4, -0.2) is 37.0 Å². The molecular formula is C15H31NO2. The molecule has 3 heteroatoms. The van der Waals surface area contributed by atoms with Gasteiger partial charge in [0, 0.05) is 18.6 Å². The van der Waals surface area contributed by atoms with Crippen LogP contribution in [0.15, 0.2) is 0 Å². The van der Waals surface area contributed by atoms with Crippen LogP contribution in [0.4, 0.5) is 0 Å². The summed E-state index contributed by atoms with van der Waals surface area (Å²) < 4.78 is 5.61. The topological polar surface area (TPSA) is 41.5 Å². The lowest BCUT2D eigenvalue weighted by Crippen LogP contribution is -2.63. The Morgan fingerprint density at radius 3 is 2.39 bits per heavy atom. The third-order valence-corrected chi connectivity index (χ3v) is 4.84. The standard InChI is InChI=1S/C15H31NO2/c1-6-15(7-2)13(9-14(15)18-5)16-10-11(3)8-12(4)17/h11-14,16-17H,6-10H2,1-5H3. The summed E-state index contributed by atoms with van der Waals surface area (Å²) in [5, 5.41) is 13.1. The van der Waals surface area contributed by atoms with Gasteiger partial charge in [-0.05, 0) is 45.1 Å². The summed E-state index contributed by atoms with van der Waals surface area (Å²) in [4.78, 5) is 0. The molecule has 0 heterocycles. The Morgan fingerprint density at radius 2 is 1.94 bits per heavy atom. The fourth-order valence-corrected chi connectivity index (χ4v) is 3.57. The summed E-state index contributed by atoms with van der Waals surface area (Å²) in [5.74, 6) is 0.526. The van der Waals surface area contributed by atoms with E-state index < -0.39 is 0 Å². The smallest absolute Gasteiger partial charge is 0.0657 e. The Kier molecular flexibility index (Phi) is 6.09. The maximum absolute atomic E-state index is 9.39. The Hall–Kier alpha value is -0.120. The Bertz CT molecular complexity index is 239. The molecule has 1 saturated carbocycles. The van der Waals surface area contributed by atoms with Gasteiger partial charge in [-0.15, -0.1) is 0 Å². The summed E-state index contributed by atoms with van der Waals surface area (Å²) in [5.41, 5.74) is 0.319. The first-order valence-corrected chi connectivity index (χ1v) is 7.44. The predicted octanol–water partition coefficient (Wildman–Crippen LogP) is 2.58. The second kappa shape index (κ2) is 6.88. The number of hydrogen-bond donors (Lipinski definition) is 2. The molecule has 0 radical (unpaired) electrons. The van der Waals surface area contributed by atoms with Gasteiger partial charge >= 0.3 is 0 Å². The van der Waals surface area contributed by atoms with E-state index in [4.69, 9.17) is 4.74 Å². The van der Waals surface area contributed by atoms with Gasteiger partial charge in [0.15, 0.2) is 0 Å². The third kappa shape index (κ3) is 3.25. The number of nitrogens with one attached hydrogen (secondary N) is 1. The zero-order valence-corrected chi connectivity index (χ0v) is 12.7. The van der Waals surface area contributed by atoms with Crippen molar-refractivity contribution >= 4 is 0 Å². The molecule has 1 aliphatic rings. The molecule has 4 unspecified atom stereocenters. The van der Waals surface area contributed by atoms with E-state index in [2.05, 4.69) is 26.1 Å². The van der Waals surface area contributed by atoms with E-state index in [0.717, 1.165) is 19.4 Å². The van der Waals surface area contributed by atoms with Crippen molar-refractivity contribution in [3.05, 3.63) is 0 Å². The van der Waals surface area contributed by atoms with Crippen LogP contribution in [0, 0.1) is 11.3 Å². The Labute approximate surface area is 112 Å². The highest BCUT2D eigenvalue weighted by Crippen LogP contribution is 2.48. The quantitative estimate of drug-likeness (QED) is 0.702. The van der Waals surface area contributed by atoms with E-state index in [1.54, 1.807) is 0 Å². The van der Waals surface area contributed by atoms with E-state index in [9.17, 15) is 5.11 Å². The molecule has 1 fully saturated rings. The van der Waals surface area contributed by atoms with E-state index in [-0.39, 0.29) is 6.10 Å². The van der Waals surface area contributed by atoms with Crippen molar-refractivity contribution in [1.82, 2.24) is 5.32 Å². The molecule has 0 bridgehead atoms. The zero-order chi connectivity index (χ0) is 13.8. The molecule has 0 amide bonds. The van der Waals surface area contributed by atoms with Gasteiger partial charge in [-0.2, -0.15) is 0 Å². The second-order valence-electron chi connectivity index (χ2n) is 6.05.